The molecule has 0 aromatic heterocycles. The average Bonchev–Trinajstić information content (AvgIpc) is 2.20. The topological polar surface area (TPSA) is 101 Å². The van der Waals surface area contributed by atoms with Crippen LogP contribution in [0.4, 0.5) is 10.5 Å². The third kappa shape index (κ3) is 3.85. The molecule has 0 spiro atoms. The lowest BCUT2D eigenvalue weighted by molar-refractivity contribution is 0.243. The Morgan fingerprint density at radius 3 is 2.37 bits per heavy atom. The highest BCUT2D eigenvalue weighted by molar-refractivity contribution is 7.90. The Morgan fingerprint density at radius 2 is 1.84 bits per heavy atom. The number of sulfonamides is 1. The molecule has 0 heterocycles. The van der Waals surface area contributed by atoms with Crippen molar-refractivity contribution < 1.29 is 13.2 Å². The fourth-order valence-corrected chi connectivity index (χ4v) is 2.87. The lowest BCUT2D eigenvalue weighted by atomic mass is 10.1. The largest absolute Gasteiger partial charge is 0.399 e. The molecule has 6 nitrogen and oxygen atoms in total. The first-order valence-electron chi connectivity index (χ1n) is 5.83. The van der Waals surface area contributed by atoms with Gasteiger partial charge < -0.3 is 11.1 Å². The molecular weight excluding hydrogens is 266 g/mol. The molecule has 0 aliphatic carbocycles. The predicted molar refractivity (Wildman–Crippen MR) is 74.3 cm³/mol. The molecule has 0 aliphatic rings. The van der Waals surface area contributed by atoms with E-state index in [2.05, 4.69) is 5.32 Å². The number of carbonyl (C=O) groups excluding carboxylic acids is 1. The molecule has 0 saturated carbocycles. The normalized spacial score (nSPS) is 11.4. The highest BCUT2D eigenvalue weighted by Gasteiger charge is 2.21. The third-order valence-electron chi connectivity index (χ3n) is 2.58. The van der Waals surface area contributed by atoms with Crippen LogP contribution in [0.2, 0.25) is 0 Å². The number of benzene rings is 1. The van der Waals surface area contributed by atoms with Gasteiger partial charge in [0.1, 0.15) is 0 Å². The lowest BCUT2D eigenvalue weighted by Crippen LogP contribution is -2.42. The summed E-state index contributed by atoms with van der Waals surface area (Å²) in [4.78, 5) is 11.5. The zero-order valence-electron chi connectivity index (χ0n) is 11.4. The van der Waals surface area contributed by atoms with Gasteiger partial charge in [0.15, 0.2) is 0 Å². The molecule has 19 heavy (non-hydrogen) atoms. The fraction of sp³-hybridized carbons (Fsp3) is 0.417. The van der Waals surface area contributed by atoms with Gasteiger partial charge in [0.25, 0.3) is 10.0 Å². The minimum absolute atomic E-state index is 0.0175. The smallest absolute Gasteiger partial charge is 0.328 e. The summed E-state index contributed by atoms with van der Waals surface area (Å²) in [7, 11) is -3.92. The third-order valence-corrected chi connectivity index (χ3v) is 4.04. The van der Waals surface area contributed by atoms with Gasteiger partial charge in [0.05, 0.1) is 4.90 Å². The first-order chi connectivity index (χ1) is 8.63. The van der Waals surface area contributed by atoms with Crippen molar-refractivity contribution in [2.45, 2.75) is 38.6 Å². The van der Waals surface area contributed by atoms with Crippen molar-refractivity contribution in [2.75, 3.05) is 5.73 Å². The van der Waals surface area contributed by atoms with Crippen LogP contribution in [0.1, 0.15) is 25.0 Å². The van der Waals surface area contributed by atoms with Gasteiger partial charge in [-0.05, 0) is 51.0 Å². The molecule has 0 saturated heterocycles. The fourth-order valence-electron chi connectivity index (χ4n) is 1.60. The van der Waals surface area contributed by atoms with Crippen molar-refractivity contribution >= 4 is 21.7 Å². The van der Waals surface area contributed by atoms with Crippen LogP contribution in [-0.4, -0.2) is 20.5 Å². The van der Waals surface area contributed by atoms with Crippen LogP contribution in [0.3, 0.4) is 0 Å². The summed E-state index contributed by atoms with van der Waals surface area (Å²) in [6.07, 6.45) is 0. The van der Waals surface area contributed by atoms with Crippen LogP contribution in [0, 0.1) is 13.8 Å². The number of urea groups is 1. The minimum atomic E-state index is -3.92. The summed E-state index contributed by atoms with van der Waals surface area (Å²) in [6, 6.07) is 2.11. The summed E-state index contributed by atoms with van der Waals surface area (Å²) < 4.78 is 26.2. The van der Waals surface area contributed by atoms with Gasteiger partial charge in [-0.2, -0.15) is 0 Å². The Hall–Kier alpha value is -1.76. The summed E-state index contributed by atoms with van der Waals surface area (Å²) in [5.74, 6) is 0. The summed E-state index contributed by atoms with van der Waals surface area (Å²) in [5.41, 5.74) is 7.31. The number of anilines is 1. The second-order valence-electron chi connectivity index (χ2n) is 4.69. The Bertz CT molecular complexity index is 594. The van der Waals surface area contributed by atoms with E-state index < -0.39 is 16.1 Å². The van der Waals surface area contributed by atoms with Crippen LogP contribution in [0.15, 0.2) is 17.0 Å². The Kier molecular flexibility index (Phi) is 4.41. The van der Waals surface area contributed by atoms with Crippen LogP contribution < -0.4 is 15.8 Å². The number of carbonyl (C=O) groups is 1. The molecule has 1 aromatic carbocycles. The van der Waals surface area contributed by atoms with Gasteiger partial charge in [-0.1, -0.05) is 0 Å². The van der Waals surface area contributed by atoms with E-state index in [1.54, 1.807) is 33.8 Å². The number of hydrogen-bond donors (Lipinski definition) is 3. The first-order valence-corrected chi connectivity index (χ1v) is 7.32. The predicted octanol–water partition coefficient (Wildman–Crippen LogP) is 1.28. The van der Waals surface area contributed by atoms with Crippen molar-refractivity contribution in [1.29, 1.82) is 0 Å². The van der Waals surface area contributed by atoms with Gasteiger partial charge in [0.2, 0.25) is 0 Å². The summed E-state index contributed by atoms with van der Waals surface area (Å²) in [6.45, 7) is 6.91. The van der Waals surface area contributed by atoms with Gasteiger partial charge in [-0.25, -0.2) is 17.9 Å². The van der Waals surface area contributed by atoms with Crippen LogP contribution in [-0.2, 0) is 10.0 Å². The minimum Gasteiger partial charge on any atom is -0.399 e. The van der Waals surface area contributed by atoms with Crippen molar-refractivity contribution in [3.63, 3.8) is 0 Å². The van der Waals surface area contributed by atoms with Crippen molar-refractivity contribution in [3.8, 4) is 0 Å². The Labute approximate surface area is 113 Å². The van der Waals surface area contributed by atoms with Gasteiger partial charge in [-0.3, -0.25) is 0 Å². The average molecular weight is 285 g/mol. The van der Waals surface area contributed by atoms with Crippen LogP contribution >= 0.6 is 0 Å². The molecular formula is C12H19N3O3S. The van der Waals surface area contributed by atoms with E-state index in [1.807, 2.05) is 4.72 Å². The van der Waals surface area contributed by atoms with Gasteiger partial charge in [-0.15, -0.1) is 0 Å². The zero-order valence-corrected chi connectivity index (χ0v) is 12.3. The van der Waals surface area contributed by atoms with Gasteiger partial charge in [0, 0.05) is 11.7 Å². The maximum absolute atomic E-state index is 12.1. The quantitative estimate of drug-likeness (QED) is 0.728. The SMILES string of the molecule is Cc1cc(N)cc(S(=O)(=O)NC(=O)NC(C)C)c1C. The zero-order chi connectivity index (χ0) is 14.8. The van der Waals surface area contributed by atoms with Crippen molar-refractivity contribution in [1.82, 2.24) is 10.0 Å². The molecule has 1 rings (SSSR count). The number of rotatable bonds is 3. The molecule has 0 atom stereocenters. The monoisotopic (exact) mass is 285 g/mol. The molecule has 0 bridgehead atoms. The maximum atomic E-state index is 12.1. The molecule has 106 valence electrons. The number of hydrogen-bond acceptors (Lipinski definition) is 4. The van der Waals surface area contributed by atoms with Crippen molar-refractivity contribution in [2.24, 2.45) is 0 Å². The number of amides is 2. The molecule has 7 heteroatoms. The summed E-state index contributed by atoms with van der Waals surface area (Å²) >= 11 is 0. The summed E-state index contributed by atoms with van der Waals surface area (Å²) in [5, 5.41) is 2.46. The van der Waals surface area contributed by atoms with Crippen LogP contribution in [0.25, 0.3) is 0 Å². The molecule has 2 amide bonds. The second kappa shape index (κ2) is 5.48. The Morgan fingerprint density at radius 1 is 1.26 bits per heavy atom. The van der Waals surface area contributed by atoms with E-state index >= 15 is 0 Å². The molecule has 0 fully saturated rings. The van der Waals surface area contributed by atoms with E-state index in [4.69, 9.17) is 5.73 Å². The molecule has 0 radical (unpaired) electrons. The standard InChI is InChI=1S/C12H19N3O3S/c1-7(2)14-12(16)15-19(17,18)11-6-10(13)5-8(3)9(11)4/h5-7H,13H2,1-4H3,(H2,14,15,16). The van der Waals surface area contributed by atoms with E-state index in [9.17, 15) is 13.2 Å². The highest BCUT2D eigenvalue weighted by Crippen LogP contribution is 2.22. The number of nitrogen functional groups attached to an aromatic ring is 1. The van der Waals surface area contributed by atoms with Crippen molar-refractivity contribution in [3.05, 3.63) is 23.3 Å². The van der Waals surface area contributed by atoms with E-state index in [1.165, 1.54) is 6.07 Å². The molecule has 0 unspecified atom stereocenters. The number of aryl methyl sites for hydroxylation is 1. The number of nitrogens with one attached hydrogen (secondary N) is 2. The van der Waals surface area contributed by atoms with E-state index in [0.29, 0.717) is 11.3 Å². The molecule has 0 aliphatic heterocycles. The second-order valence-corrected chi connectivity index (χ2v) is 6.35. The van der Waals surface area contributed by atoms with Crippen LogP contribution in [0.5, 0.6) is 0 Å². The maximum Gasteiger partial charge on any atom is 0.328 e. The molecule has 4 N–H and O–H groups in total. The highest BCUT2D eigenvalue weighted by atomic mass is 32.2. The molecule has 1 aromatic rings. The lowest BCUT2D eigenvalue weighted by Gasteiger charge is -2.14. The number of nitrogens with two attached hydrogens (primary N) is 1. The van der Waals surface area contributed by atoms with Gasteiger partial charge >= 0.3 is 6.03 Å². The van der Waals surface area contributed by atoms with E-state index in [-0.39, 0.29) is 10.9 Å². The first kappa shape index (κ1) is 15.3. The van der Waals surface area contributed by atoms with E-state index in [0.717, 1.165) is 5.56 Å². The Balaban J connectivity index is 3.11.